The summed E-state index contributed by atoms with van der Waals surface area (Å²) in [6, 6.07) is 2.81. The Labute approximate surface area is 137 Å². The molecule has 128 valence electrons. The van der Waals surface area contributed by atoms with Crippen LogP contribution in [0.3, 0.4) is 0 Å². The number of hydrogen-bond acceptors (Lipinski definition) is 5. The number of carbonyl (C=O) groups excluding carboxylic acids is 1. The highest BCUT2D eigenvalue weighted by Crippen LogP contribution is 2.23. The maximum atomic E-state index is 13.8. The molecule has 0 spiro atoms. The number of halogens is 2. The molecule has 8 heteroatoms. The Morgan fingerprint density at radius 1 is 1.38 bits per heavy atom. The normalized spacial score (nSPS) is 18.2. The Bertz CT molecular complexity index is 748. The van der Waals surface area contributed by atoms with Gasteiger partial charge in [-0.05, 0) is 18.2 Å². The van der Waals surface area contributed by atoms with Crippen LogP contribution >= 0.6 is 0 Å². The first-order valence-electron chi connectivity index (χ1n) is 7.65. The molecule has 6 nitrogen and oxygen atoms in total. The van der Waals surface area contributed by atoms with Gasteiger partial charge >= 0.3 is 0 Å². The molecule has 3 rings (SSSR count). The van der Waals surface area contributed by atoms with Crippen molar-refractivity contribution < 1.29 is 22.8 Å². The highest BCUT2D eigenvalue weighted by atomic mass is 19.1. The first-order chi connectivity index (χ1) is 11.5. The molecule has 0 saturated carbocycles. The third-order valence-electron chi connectivity index (χ3n) is 3.75. The van der Waals surface area contributed by atoms with Gasteiger partial charge in [0.05, 0.1) is 18.7 Å². The Hall–Kier alpha value is -2.35. The summed E-state index contributed by atoms with van der Waals surface area (Å²) in [5, 5.41) is 3.88. The summed E-state index contributed by atoms with van der Waals surface area (Å²) in [7, 11) is 0. The number of benzene rings is 1. The van der Waals surface area contributed by atoms with Crippen molar-refractivity contribution in [2.75, 3.05) is 19.7 Å². The molecule has 1 aromatic carbocycles. The summed E-state index contributed by atoms with van der Waals surface area (Å²) in [4.78, 5) is 18.1. The van der Waals surface area contributed by atoms with Crippen LogP contribution in [0, 0.1) is 11.6 Å². The average Bonchev–Trinajstić information content (AvgIpc) is 3.07. The Morgan fingerprint density at radius 3 is 2.88 bits per heavy atom. The zero-order valence-corrected chi connectivity index (χ0v) is 13.3. The number of nitrogens with zero attached hydrogens (tertiary/aromatic N) is 3. The molecule has 1 aliphatic rings. The van der Waals surface area contributed by atoms with Gasteiger partial charge in [-0.25, -0.2) is 8.78 Å². The van der Waals surface area contributed by atoms with Gasteiger partial charge < -0.3 is 14.2 Å². The second-order valence-electron chi connectivity index (χ2n) is 5.88. The number of morpholine rings is 1. The molecule has 2 aromatic rings. The van der Waals surface area contributed by atoms with E-state index in [9.17, 15) is 13.6 Å². The van der Waals surface area contributed by atoms with Gasteiger partial charge in [0.25, 0.3) is 5.91 Å². The van der Waals surface area contributed by atoms with Gasteiger partial charge in [-0.3, -0.25) is 4.79 Å². The standard InChI is InChI=1S/C16H17F2N3O3/c1-9(2)15-19-14(20-24-15)13-8-21(5-6-23-13)16(22)11-7-10(17)3-4-12(11)18/h3-4,7,9,13H,5-6,8H2,1-2H3/t13-/m1/s1. The molecule has 1 amide bonds. The predicted molar refractivity (Wildman–Crippen MR) is 79.3 cm³/mol. The molecule has 2 heterocycles. The molecule has 1 atom stereocenters. The molecule has 0 radical (unpaired) electrons. The van der Waals surface area contributed by atoms with Crippen molar-refractivity contribution >= 4 is 5.91 Å². The van der Waals surface area contributed by atoms with E-state index in [1.54, 1.807) is 0 Å². The van der Waals surface area contributed by atoms with E-state index in [1.165, 1.54) is 4.90 Å². The van der Waals surface area contributed by atoms with E-state index in [2.05, 4.69) is 10.1 Å². The molecule has 0 N–H and O–H groups in total. The van der Waals surface area contributed by atoms with Gasteiger partial charge in [-0.15, -0.1) is 0 Å². The Balaban J connectivity index is 1.77. The van der Waals surface area contributed by atoms with E-state index in [1.807, 2.05) is 13.8 Å². The van der Waals surface area contributed by atoms with Gasteiger partial charge in [-0.2, -0.15) is 4.98 Å². The van der Waals surface area contributed by atoms with E-state index in [0.717, 1.165) is 18.2 Å². The van der Waals surface area contributed by atoms with Crippen molar-refractivity contribution in [2.45, 2.75) is 25.9 Å². The average molecular weight is 337 g/mol. The fraction of sp³-hybridized carbons (Fsp3) is 0.438. The fourth-order valence-electron chi connectivity index (χ4n) is 2.43. The highest BCUT2D eigenvalue weighted by Gasteiger charge is 2.30. The van der Waals surface area contributed by atoms with Crippen molar-refractivity contribution in [2.24, 2.45) is 0 Å². The molecular formula is C16H17F2N3O3. The molecule has 0 unspecified atom stereocenters. The van der Waals surface area contributed by atoms with Gasteiger partial charge in [-0.1, -0.05) is 19.0 Å². The monoisotopic (exact) mass is 337 g/mol. The Kier molecular flexibility index (Phi) is 4.57. The van der Waals surface area contributed by atoms with Crippen LogP contribution in [-0.4, -0.2) is 40.6 Å². The van der Waals surface area contributed by atoms with Gasteiger partial charge in [0.2, 0.25) is 11.7 Å². The predicted octanol–water partition coefficient (Wildman–Crippen LogP) is 2.68. The van der Waals surface area contributed by atoms with Crippen LogP contribution in [0.5, 0.6) is 0 Å². The lowest BCUT2D eigenvalue weighted by Gasteiger charge is -2.31. The molecule has 1 fully saturated rings. The second kappa shape index (κ2) is 6.64. The van der Waals surface area contributed by atoms with Crippen LogP contribution in [-0.2, 0) is 4.74 Å². The van der Waals surface area contributed by atoms with E-state index >= 15 is 0 Å². The topological polar surface area (TPSA) is 68.5 Å². The largest absolute Gasteiger partial charge is 0.366 e. The quantitative estimate of drug-likeness (QED) is 0.861. The van der Waals surface area contributed by atoms with Crippen LogP contribution in [0.4, 0.5) is 8.78 Å². The summed E-state index contributed by atoms with van der Waals surface area (Å²) < 4.78 is 37.8. The van der Waals surface area contributed by atoms with Crippen molar-refractivity contribution in [1.82, 2.24) is 15.0 Å². The molecular weight excluding hydrogens is 320 g/mol. The van der Waals surface area contributed by atoms with Crippen LogP contribution in [0.15, 0.2) is 22.7 Å². The molecule has 1 aromatic heterocycles. The zero-order valence-electron chi connectivity index (χ0n) is 13.3. The van der Waals surface area contributed by atoms with Crippen LogP contribution < -0.4 is 0 Å². The minimum absolute atomic E-state index is 0.0777. The summed E-state index contributed by atoms with van der Waals surface area (Å²) >= 11 is 0. The minimum atomic E-state index is -0.758. The third kappa shape index (κ3) is 3.28. The van der Waals surface area contributed by atoms with E-state index in [0.29, 0.717) is 11.7 Å². The number of aromatic nitrogens is 2. The summed E-state index contributed by atoms with van der Waals surface area (Å²) in [5.74, 6) is -1.11. The molecule has 0 bridgehead atoms. The van der Waals surface area contributed by atoms with E-state index < -0.39 is 23.6 Å². The van der Waals surface area contributed by atoms with Crippen LogP contribution in [0.2, 0.25) is 0 Å². The first-order valence-corrected chi connectivity index (χ1v) is 7.65. The van der Waals surface area contributed by atoms with Crippen LogP contribution in [0.1, 0.15) is 47.9 Å². The van der Waals surface area contributed by atoms with E-state index in [4.69, 9.17) is 9.26 Å². The number of ether oxygens (including phenoxy) is 1. The SMILES string of the molecule is CC(C)c1nc([C@H]2CN(C(=O)c3cc(F)ccc3F)CCO2)no1. The van der Waals surface area contributed by atoms with Gasteiger partial charge in [0.15, 0.2) is 0 Å². The maximum absolute atomic E-state index is 13.8. The van der Waals surface area contributed by atoms with Crippen molar-refractivity contribution in [3.63, 3.8) is 0 Å². The third-order valence-corrected chi connectivity index (χ3v) is 3.75. The second-order valence-corrected chi connectivity index (χ2v) is 5.88. The first kappa shape index (κ1) is 16.5. The lowest BCUT2D eigenvalue weighted by atomic mass is 10.1. The van der Waals surface area contributed by atoms with Crippen molar-refractivity contribution in [3.05, 3.63) is 47.1 Å². The molecule has 0 aliphatic carbocycles. The van der Waals surface area contributed by atoms with Crippen LogP contribution in [0.25, 0.3) is 0 Å². The minimum Gasteiger partial charge on any atom is -0.366 e. The Morgan fingerprint density at radius 2 is 2.17 bits per heavy atom. The molecule has 24 heavy (non-hydrogen) atoms. The highest BCUT2D eigenvalue weighted by molar-refractivity contribution is 5.94. The number of rotatable bonds is 3. The fourth-order valence-corrected chi connectivity index (χ4v) is 2.43. The number of hydrogen-bond donors (Lipinski definition) is 0. The molecule has 1 saturated heterocycles. The summed E-state index contributed by atoms with van der Waals surface area (Å²) in [6.45, 7) is 4.51. The lowest BCUT2D eigenvalue weighted by Crippen LogP contribution is -2.42. The summed E-state index contributed by atoms with van der Waals surface area (Å²) in [5.41, 5.74) is -0.299. The van der Waals surface area contributed by atoms with Gasteiger partial charge in [0, 0.05) is 12.5 Å². The zero-order chi connectivity index (χ0) is 17.3. The number of carbonyl (C=O) groups is 1. The lowest BCUT2D eigenvalue weighted by molar-refractivity contribution is -0.0277. The smallest absolute Gasteiger partial charge is 0.257 e. The van der Waals surface area contributed by atoms with Crippen molar-refractivity contribution in [3.8, 4) is 0 Å². The number of amides is 1. The van der Waals surface area contributed by atoms with Gasteiger partial charge in [0.1, 0.15) is 17.7 Å². The van der Waals surface area contributed by atoms with Crippen molar-refractivity contribution in [1.29, 1.82) is 0 Å². The summed E-state index contributed by atoms with van der Waals surface area (Å²) in [6.07, 6.45) is -0.560. The maximum Gasteiger partial charge on any atom is 0.257 e. The van der Waals surface area contributed by atoms with E-state index in [-0.39, 0.29) is 31.2 Å². The molecule has 1 aliphatic heterocycles.